The van der Waals surface area contributed by atoms with Crippen LogP contribution < -0.4 is 11.1 Å². The van der Waals surface area contributed by atoms with E-state index in [-0.39, 0.29) is 0 Å². The fourth-order valence-corrected chi connectivity index (χ4v) is 2.30. The maximum absolute atomic E-state index is 6.02. The Hall–Kier alpha value is -2.26. The maximum atomic E-state index is 6.02. The molecule has 3 aromatic rings. The lowest BCUT2D eigenvalue weighted by Crippen LogP contribution is -1.98. The van der Waals surface area contributed by atoms with Gasteiger partial charge in [-0.3, -0.25) is 4.98 Å². The Morgan fingerprint density at radius 3 is 2.75 bits per heavy atom. The number of nitrogens with zero attached hydrogens (tertiary/aromatic N) is 1. The molecule has 0 radical (unpaired) electrons. The highest BCUT2D eigenvalue weighted by Crippen LogP contribution is 2.29. The number of hydrogen-bond donors (Lipinski definition) is 2. The van der Waals surface area contributed by atoms with Crippen LogP contribution in [0.3, 0.4) is 0 Å². The molecule has 1 aromatic heterocycles. The Balaban J connectivity index is 2.10. The number of aromatic nitrogens is 1. The third-order valence-electron chi connectivity index (χ3n) is 3.14. The van der Waals surface area contributed by atoms with Crippen LogP contribution in [0.15, 0.2) is 48.5 Å². The van der Waals surface area contributed by atoms with Crippen molar-refractivity contribution >= 4 is 39.6 Å². The quantitative estimate of drug-likeness (QED) is 0.680. The standard InChI is InChI=1S/C16H14ClN3/c1-10-5-6-11-3-2-4-14(16(11)19-10)20-15-9-12(17)7-8-13(15)18/h2-9,20H,18H2,1H3. The predicted molar refractivity (Wildman–Crippen MR) is 85.6 cm³/mol. The summed E-state index contributed by atoms with van der Waals surface area (Å²) in [5.41, 5.74) is 10.2. The molecular weight excluding hydrogens is 270 g/mol. The van der Waals surface area contributed by atoms with Crippen molar-refractivity contribution in [3.8, 4) is 0 Å². The second-order valence-corrected chi connectivity index (χ2v) is 5.12. The molecule has 3 nitrogen and oxygen atoms in total. The van der Waals surface area contributed by atoms with Crippen LogP contribution in [0.1, 0.15) is 5.69 Å². The zero-order valence-corrected chi connectivity index (χ0v) is 11.8. The predicted octanol–water partition coefficient (Wildman–Crippen LogP) is 4.52. The molecule has 0 fully saturated rings. The maximum Gasteiger partial charge on any atom is 0.0939 e. The van der Waals surface area contributed by atoms with Crippen molar-refractivity contribution in [2.45, 2.75) is 6.92 Å². The summed E-state index contributed by atoms with van der Waals surface area (Å²) < 4.78 is 0. The van der Waals surface area contributed by atoms with Crippen LogP contribution in [0.5, 0.6) is 0 Å². The third kappa shape index (κ3) is 2.40. The van der Waals surface area contributed by atoms with Gasteiger partial charge in [-0.15, -0.1) is 0 Å². The number of para-hydroxylation sites is 1. The minimum absolute atomic E-state index is 0.645. The zero-order valence-electron chi connectivity index (χ0n) is 11.0. The highest BCUT2D eigenvalue weighted by Gasteiger charge is 2.06. The number of hydrogen-bond acceptors (Lipinski definition) is 3. The topological polar surface area (TPSA) is 50.9 Å². The van der Waals surface area contributed by atoms with E-state index in [1.165, 1.54) is 0 Å². The highest BCUT2D eigenvalue weighted by molar-refractivity contribution is 6.31. The molecule has 0 saturated carbocycles. The summed E-state index contributed by atoms with van der Waals surface area (Å²) in [7, 11) is 0. The molecule has 0 amide bonds. The number of fused-ring (bicyclic) bond motifs is 1. The third-order valence-corrected chi connectivity index (χ3v) is 3.38. The fourth-order valence-electron chi connectivity index (χ4n) is 2.13. The smallest absolute Gasteiger partial charge is 0.0939 e. The number of aryl methyl sites for hydroxylation is 1. The van der Waals surface area contributed by atoms with Gasteiger partial charge in [0.25, 0.3) is 0 Å². The number of nitrogens with one attached hydrogen (secondary N) is 1. The van der Waals surface area contributed by atoms with Gasteiger partial charge in [-0.05, 0) is 37.3 Å². The molecule has 4 heteroatoms. The minimum atomic E-state index is 0.645. The van der Waals surface area contributed by atoms with Crippen LogP contribution in [0.4, 0.5) is 17.1 Å². The van der Waals surface area contributed by atoms with Gasteiger partial charge in [-0.1, -0.05) is 29.8 Å². The van der Waals surface area contributed by atoms with Crippen molar-refractivity contribution in [3.63, 3.8) is 0 Å². The fraction of sp³-hybridized carbons (Fsp3) is 0.0625. The Bertz CT molecular complexity index is 784. The molecule has 1 heterocycles. The van der Waals surface area contributed by atoms with Gasteiger partial charge in [0, 0.05) is 16.1 Å². The van der Waals surface area contributed by atoms with Crippen molar-refractivity contribution in [1.29, 1.82) is 0 Å². The summed E-state index contributed by atoms with van der Waals surface area (Å²) in [5, 5.41) is 5.04. The molecule has 0 unspecified atom stereocenters. The first-order valence-electron chi connectivity index (χ1n) is 6.32. The highest BCUT2D eigenvalue weighted by atomic mass is 35.5. The lowest BCUT2D eigenvalue weighted by atomic mass is 10.1. The normalized spacial score (nSPS) is 10.7. The van der Waals surface area contributed by atoms with E-state index in [1.807, 2.05) is 37.3 Å². The first-order chi connectivity index (χ1) is 9.63. The van der Waals surface area contributed by atoms with Crippen molar-refractivity contribution in [3.05, 3.63) is 59.2 Å². The first kappa shape index (κ1) is 12.8. The molecule has 0 bridgehead atoms. The van der Waals surface area contributed by atoms with Gasteiger partial charge in [0.15, 0.2) is 0 Å². The minimum Gasteiger partial charge on any atom is -0.397 e. The summed E-state index contributed by atoms with van der Waals surface area (Å²) in [5.74, 6) is 0. The summed E-state index contributed by atoms with van der Waals surface area (Å²) >= 11 is 6.02. The molecule has 0 spiro atoms. The van der Waals surface area contributed by atoms with Crippen molar-refractivity contribution in [1.82, 2.24) is 4.98 Å². The Kier molecular flexibility index (Phi) is 3.20. The molecule has 0 atom stereocenters. The molecule has 0 aliphatic rings. The van der Waals surface area contributed by atoms with Crippen molar-refractivity contribution in [2.24, 2.45) is 0 Å². The Labute approximate surface area is 122 Å². The summed E-state index contributed by atoms with van der Waals surface area (Å²) in [6, 6.07) is 15.4. The number of rotatable bonds is 2. The van der Waals surface area contributed by atoms with Crippen LogP contribution in [-0.2, 0) is 0 Å². The van der Waals surface area contributed by atoms with Gasteiger partial charge in [-0.25, -0.2) is 0 Å². The van der Waals surface area contributed by atoms with Crippen LogP contribution in [0, 0.1) is 6.92 Å². The molecular formula is C16H14ClN3. The van der Waals surface area contributed by atoms with Crippen LogP contribution >= 0.6 is 11.6 Å². The molecule has 3 N–H and O–H groups in total. The van der Waals surface area contributed by atoms with E-state index >= 15 is 0 Å². The molecule has 0 aliphatic carbocycles. The molecule has 0 aliphatic heterocycles. The largest absolute Gasteiger partial charge is 0.397 e. The van der Waals surface area contributed by atoms with E-state index in [1.54, 1.807) is 12.1 Å². The van der Waals surface area contributed by atoms with Gasteiger partial charge >= 0.3 is 0 Å². The van der Waals surface area contributed by atoms with E-state index < -0.39 is 0 Å². The Morgan fingerprint density at radius 2 is 1.90 bits per heavy atom. The van der Waals surface area contributed by atoms with Crippen LogP contribution in [0.2, 0.25) is 5.02 Å². The van der Waals surface area contributed by atoms with Crippen molar-refractivity contribution in [2.75, 3.05) is 11.1 Å². The van der Waals surface area contributed by atoms with Gasteiger partial charge in [0.05, 0.1) is 22.6 Å². The average Bonchev–Trinajstić information content (AvgIpc) is 2.43. The van der Waals surface area contributed by atoms with E-state index in [2.05, 4.69) is 16.4 Å². The lowest BCUT2D eigenvalue weighted by molar-refractivity contribution is 1.25. The van der Waals surface area contributed by atoms with Crippen LogP contribution in [-0.4, -0.2) is 4.98 Å². The van der Waals surface area contributed by atoms with Gasteiger partial charge in [-0.2, -0.15) is 0 Å². The number of nitrogen functional groups attached to an aromatic ring is 1. The van der Waals surface area contributed by atoms with Gasteiger partial charge in [0.1, 0.15) is 0 Å². The second-order valence-electron chi connectivity index (χ2n) is 4.69. The van der Waals surface area contributed by atoms with Gasteiger partial charge in [0.2, 0.25) is 0 Å². The number of nitrogens with two attached hydrogens (primary N) is 1. The van der Waals surface area contributed by atoms with Crippen LogP contribution in [0.25, 0.3) is 10.9 Å². The molecule has 2 aromatic carbocycles. The van der Waals surface area contributed by atoms with E-state index in [4.69, 9.17) is 17.3 Å². The summed E-state index contributed by atoms with van der Waals surface area (Å²) in [6.45, 7) is 1.98. The summed E-state index contributed by atoms with van der Waals surface area (Å²) in [6.07, 6.45) is 0. The molecule has 100 valence electrons. The summed E-state index contributed by atoms with van der Waals surface area (Å²) in [4.78, 5) is 4.59. The number of anilines is 3. The number of pyridine rings is 1. The van der Waals surface area contributed by atoms with Gasteiger partial charge < -0.3 is 11.1 Å². The lowest BCUT2D eigenvalue weighted by Gasteiger charge is -2.12. The monoisotopic (exact) mass is 283 g/mol. The average molecular weight is 284 g/mol. The SMILES string of the molecule is Cc1ccc2cccc(Nc3cc(Cl)ccc3N)c2n1. The Morgan fingerprint density at radius 1 is 1.05 bits per heavy atom. The molecule has 20 heavy (non-hydrogen) atoms. The number of halogens is 1. The second kappa shape index (κ2) is 5.02. The molecule has 3 rings (SSSR count). The molecule has 0 saturated heterocycles. The van der Waals surface area contributed by atoms with E-state index in [0.717, 1.165) is 28.0 Å². The van der Waals surface area contributed by atoms with Crippen molar-refractivity contribution < 1.29 is 0 Å². The number of benzene rings is 2. The first-order valence-corrected chi connectivity index (χ1v) is 6.70. The zero-order chi connectivity index (χ0) is 14.1. The van der Waals surface area contributed by atoms with E-state index in [9.17, 15) is 0 Å². The van der Waals surface area contributed by atoms with E-state index in [0.29, 0.717) is 10.7 Å².